The van der Waals surface area contributed by atoms with Gasteiger partial charge in [0, 0.05) is 43.9 Å². The molecule has 0 bridgehead atoms. The molecule has 2 N–H and O–H groups in total. The minimum atomic E-state index is 0.0320. The molecule has 1 saturated heterocycles. The summed E-state index contributed by atoms with van der Waals surface area (Å²) in [6.45, 7) is 3.55. The van der Waals surface area contributed by atoms with Gasteiger partial charge in [-0.05, 0) is 25.0 Å². The van der Waals surface area contributed by atoms with Crippen LogP contribution in [0, 0.1) is 5.92 Å². The number of rotatable bonds is 4. The Morgan fingerprint density at radius 2 is 2.37 bits per heavy atom. The van der Waals surface area contributed by atoms with Crippen LogP contribution in [0.25, 0.3) is 0 Å². The summed E-state index contributed by atoms with van der Waals surface area (Å²) in [5.74, 6) is 0.977. The predicted octanol–water partition coefficient (Wildman–Crippen LogP) is 1.14. The summed E-state index contributed by atoms with van der Waals surface area (Å²) in [7, 11) is 1.80. The second-order valence-corrected chi connectivity index (χ2v) is 4.92. The molecule has 19 heavy (non-hydrogen) atoms. The van der Waals surface area contributed by atoms with E-state index < -0.39 is 0 Å². The van der Waals surface area contributed by atoms with Crippen molar-refractivity contribution in [3.8, 4) is 0 Å². The third-order valence-corrected chi connectivity index (χ3v) is 3.57. The van der Waals surface area contributed by atoms with E-state index in [1.54, 1.807) is 13.1 Å². The molecule has 5 nitrogen and oxygen atoms in total. The van der Waals surface area contributed by atoms with Gasteiger partial charge in [-0.3, -0.25) is 4.79 Å². The van der Waals surface area contributed by atoms with Gasteiger partial charge < -0.3 is 15.3 Å². The topological polar surface area (TPSA) is 65.5 Å². The maximum Gasteiger partial charge on any atom is 0.254 e. The lowest BCUT2D eigenvalue weighted by Crippen LogP contribution is -2.29. The fraction of sp³-hybridized carbons (Fsp3) is 0.571. The van der Waals surface area contributed by atoms with Crippen LogP contribution in [-0.4, -0.2) is 47.6 Å². The first-order chi connectivity index (χ1) is 9.17. The number of likely N-dealkylation sites (tertiary alicyclic amines) is 1. The summed E-state index contributed by atoms with van der Waals surface area (Å²) in [6.07, 6.45) is 1.68. The van der Waals surface area contributed by atoms with Gasteiger partial charge in [-0.15, -0.1) is 0 Å². The molecule has 2 rings (SSSR count). The maximum absolute atomic E-state index is 12.4. The molecule has 1 aromatic heterocycles. The number of aryl methyl sites for hydroxylation is 1. The highest BCUT2D eigenvalue weighted by atomic mass is 16.3. The van der Waals surface area contributed by atoms with E-state index in [2.05, 4.69) is 10.3 Å². The van der Waals surface area contributed by atoms with Crippen molar-refractivity contribution in [3.05, 3.63) is 23.4 Å². The molecule has 0 radical (unpaired) electrons. The molecule has 0 aromatic carbocycles. The van der Waals surface area contributed by atoms with Crippen molar-refractivity contribution in [3.63, 3.8) is 0 Å². The van der Waals surface area contributed by atoms with Crippen molar-refractivity contribution in [1.82, 2.24) is 9.88 Å². The Morgan fingerprint density at radius 3 is 2.95 bits per heavy atom. The number of hydrogen-bond donors (Lipinski definition) is 2. The monoisotopic (exact) mass is 263 g/mol. The van der Waals surface area contributed by atoms with E-state index in [1.807, 2.05) is 17.9 Å². The van der Waals surface area contributed by atoms with E-state index in [0.717, 1.165) is 30.9 Å². The van der Waals surface area contributed by atoms with Crippen LogP contribution < -0.4 is 5.32 Å². The number of anilines is 1. The third-order valence-electron chi connectivity index (χ3n) is 3.57. The quantitative estimate of drug-likeness (QED) is 0.855. The second-order valence-electron chi connectivity index (χ2n) is 4.92. The predicted molar refractivity (Wildman–Crippen MR) is 74.3 cm³/mol. The number of carbonyl (C=O) groups is 1. The molecule has 0 aliphatic carbocycles. The van der Waals surface area contributed by atoms with Crippen LogP contribution in [0.3, 0.4) is 0 Å². The Hall–Kier alpha value is -1.62. The van der Waals surface area contributed by atoms with E-state index in [9.17, 15) is 4.79 Å². The SMILES string of the molecule is CCc1cc(C(=O)N2CCC(CO)C2)cc(NC)n1. The van der Waals surface area contributed by atoms with Crippen molar-refractivity contribution in [1.29, 1.82) is 0 Å². The van der Waals surface area contributed by atoms with Crippen LogP contribution in [-0.2, 0) is 6.42 Å². The summed E-state index contributed by atoms with van der Waals surface area (Å²) in [4.78, 5) is 18.6. The van der Waals surface area contributed by atoms with Gasteiger partial charge >= 0.3 is 0 Å². The molecule has 1 aliphatic rings. The molecule has 0 saturated carbocycles. The molecule has 1 aromatic rings. The Labute approximate surface area is 113 Å². The standard InChI is InChI=1S/C14H21N3O2/c1-3-12-6-11(7-13(15-2)16-12)14(19)17-5-4-10(8-17)9-18/h6-7,10,18H,3-5,8-9H2,1-2H3,(H,15,16). The normalized spacial score (nSPS) is 18.7. The summed E-state index contributed by atoms with van der Waals surface area (Å²) in [6, 6.07) is 3.64. The van der Waals surface area contributed by atoms with Gasteiger partial charge in [-0.25, -0.2) is 4.98 Å². The molecule has 0 spiro atoms. The van der Waals surface area contributed by atoms with Crippen molar-refractivity contribution in [2.75, 3.05) is 32.1 Å². The highest BCUT2D eigenvalue weighted by molar-refractivity contribution is 5.95. The molecule has 1 fully saturated rings. The number of nitrogens with one attached hydrogen (secondary N) is 1. The summed E-state index contributed by atoms with van der Waals surface area (Å²) in [5.41, 5.74) is 1.59. The molecule has 5 heteroatoms. The number of aromatic nitrogens is 1. The first-order valence-corrected chi connectivity index (χ1v) is 6.76. The Morgan fingerprint density at radius 1 is 1.58 bits per heavy atom. The lowest BCUT2D eigenvalue weighted by atomic mass is 10.1. The minimum Gasteiger partial charge on any atom is -0.396 e. The smallest absolute Gasteiger partial charge is 0.254 e. The number of nitrogens with zero attached hydrogens (tertiary/aromatic N) is 2. The highest BCUT2D eigenvalue weighted by Gasteiger charge is 2.26. The first-order valence-electron chi connectivity index (χ1n) is 6.76. The van der Waals surface area contributed by atoms with Gasteiger partial charge in [-0.2, -0.15) is 0 Å². The fourth-order valence-electron chi connectivity index (χ4n) is 2.37. The van der Waals surface area contributed by atoms with Crippen LogP contribution in [0.15, 0.2) is 12.1 Å². The largest absolute Gasteiger partial charge is 0.396 e. The zero-order chi connectivity index (χ0) is 13.8. The number of aliphatic hydroxyl groups excluding tert-OH is 1. The van der Waals surface area contributed by atoms with Crippen molar-refractivity contribution < 1.29 is 9.90 Å². The molecular weight excluding hydrogens is 242 g/mol. The number of aliphatic hydroxyl groups is 1. The minimum absolute atomic E-state index is 0.0320. The van der Waals surface area contributed by atoms with Crippen molar-refractivity contribution in [2.45, 2.75) is 19.8 Å². The van der Waals surface area contributed by atoms with Gasteiger partial charge in [-0.1, -0.05) is 6.92 Å². The van der Waals surface area contributed by atoms with E-state index in [1.165, 1.54) is 0 Å². The molecule has 1 unspecified atom stereocenters. The average Bonchev–Trinajstić information content (AvgIpc) is 2.94. The van der Waals surface area contributed by atoms with Crippen LogP contribution >= 0.6 is 0 Å². The number of pyridine rings is 1. The zero-order valence-corrected chi connectivity index (χ0v) is 11.5. The first kappa shape index (κ1) is 13.8. The van der Waals surface area contributed by atoms with Crippen LogP contribution in [0.5, 0.6) is 0 Å². The Bertz CT molecular complexity index is 440. The average molecular weight is 263 g/mol. The number of hydrogen-bond acceptors (Lipinski definition) is 4. The van der Waals surface area contributed by atoms with E-state index in [0.29, 0.717) is 12.1 Å². The summed E-state index contributed by atoms with van der Waals surface area (Å²) >= 11 is 0. The van der Waals surface area contributed by atoms with E-state index in [4.69, 9.17) is 5.11 Å². The molecule has 1 amide bonds. The van der Waals surface area contributed by atoms with Crippen LogP contribution in [0.2, 0.25) is 0 Å². The lowest BCUT2D eigenvalue weighted by Gasteiger charge is -2.17. The third kappa shape index (κ3) is 3.04. The van der Waals surface area contributed by atoms with Gasteiger partial charge in [0.05, 0.1) is 0 Å². The fourth-order valence-corrected chi connectivity index (χ4v) is 2.37. The van der Waals surface area contributed by atoms with Crippen LogP contribution in [0.1, 0.15) is 29.4 Å². The molecule has 104 valence electrons. The second kappa shape index (κ2) is 6.02. The molecule has 1 atom stereocenters. The Balaban J connectivity index is 2.19. The van der Waals surface area contributed by atoms with Crippen LogP contribution in [0.4, 0.5) is 5.82 Å². The van der Waals surface area contributed by atoms with Gasteiger partial charge in [0.25, 0.3) is 5.91 Å². The maximum atomic E-state index is 12.4. The number of carbonyl (C=O) groups excluding carboxylic acids is 1. The van der Waals surface area contributed by atoms with E-state index >= 15 is 0 Å². The van der Waals surface area contributed by atoms with Crippen molar-refractivity contribution >= 4 is 11.7 Å². The zero-order valence-electron chi connectivity index (χ0n) is 11.5. The lowest BCUT2D eigenvalue weighted by molar-refractivity contribution is 0.0781. The molecular formula is C14H21N3O2. The van der Waals surface area contributed by atoms with E-state index in [-0.39, 0.29) is 18.4 Å². The van der Waals surface area contributed by atoms with Gasteiger partial charge in [0.2, 0.25) is 0 Å². The highest BCUT2D eigenvalue weighted by Crippen LogP contribution is 2.20. The van der Waals surface area contributed by atoms with Gasteiger partial charge in [0.1, 0.15) is 5.82 Å². The summed E-state index contributed by atoms with van der Waals surface area (Å²) < 4.78 is 0. The van der Waals surface area contributed by atoms with Gasteiger partial charge in [0.15, 0.2) is 0 Å². The Kier molecular flexibility index (Phi) is 4.37. The number of amides is 1. The molecule has 2 heterocycles. The molecule has 1 aliphatic heterocycles. The summed E-state index contributed by atoms with van der Waals surface area (Å²) in [5, 5.41) is 12.1. The van der Waals surface area contributed by atoms with Crippen molar-refractivity contribution in [2.24, 2.45) is 5.92 Å².